The molecule has 0 radical (unpaired) electrons. The van der Waals surface area contributed by atoms with Gasteiger partial charge in [0.25, 0.3) is 11.8 Å². The van der Waals surface area contributed by atoms with Gasteiger partial charge in [-0.1, -0.05) is 6.07 Å². The third-order valence-corrected chi connectivity index (χ3v) is 5.01. The molecule has 1 N–H and O–H groups in total. The highest BCUT2D eigenvalue weighted by Crippen LogP contribution is 2.29. The maximum Gasteiger partial charge on any atom is 0.260 e. The summed E-state index contributed by atoms with van der Waals surface area (Å²) in [5, 5.41) is 2.71. The van der Waals surface area contributed by atoms with Crippen LogP contribution in [-0.4, -0.2) is 43.0 Å². The van der Waals surface area contributed by atoms with E-state index in [9.17, 15) is 14.0 Å². The summed E-state index contributed by atoms with van der Waals surface area (Å²) in [5.74, 6) is -0.0811. The Bertz CT molecular complexity index is 910. The lowest BCUT2D eigenvalue weighted by atomic mass is 10.1. The van der Waals surface area contributed by atoms with Crippen molar-refractivity contribution in [2.24, 2.45) is 0 Å². The van der Waals surface area contributed by atoms with Crippen LogP contribution in [0.3, 0.4) is 0 Å². The van der Waals surface area contributed by atoms with Crippen LogP contribution in [0.4, 0.5) is 10.1 Å². The Hall–Kier alpha value is -3.09. The number of aryl methyl sites for hydroxylation is 1. The Morgan fingerprint density at radius 3 is 2.53 bits per heavy atom. The van der Waals surface area contributed by atoms with Gasteiger partial charge in [-0.3, -0.25) is 9.59 Å². The number of likely N-dealkylation sites (tertiary alicyclic amines) is 1. The largest absolute Gasteiger partial charge is 0.490 e. The van der Waals surface area contributed by atoms with E-state index in [-0.39, 0.29) is 18.4 Å². The fourth-order valence-corrected chi connectivity index (χ4v) is 3.33. The number of nitrogens with zero attached hydrogens (tertiary/aromatic N) is 1. The number of benzene rings is 2. The molecule has 0 aliphatic carbocycles. The first-order valence-corrected chi connectivity index (χ1v) is 10.2. The van der Waals surface area contributed by atoms with Crippen molar-refractivity contribution in [3.63, 3.8) is 0 Å². The van der Waals surface area contributed by atoms with Crippen LogP contribution in [0.5, 0.6) is 11.5 Å². The maximum absolute atomic E-state index is 13.5. The third-order valence-electron chi connectivity index (χ3n) is 5.01. The highest BCUT2D eigenvalue weighted by Gasteiger charge is 2.18. The van der Waals surface area contributed by atoms with Gasteiger partial charge in [-0.05, 0) is 69.0 Å². The molecule has 0 bridgehead atoms. The van der Waals surface area contributed by atoms with Gasteiger partial charge in [0.05, 0.1) is 6.61 Å². The first-order chi connectivity index (χ1) is 14.5. The first-order valence-electron chi connectivity index (χ1n) is 10.2. The smallest absolute Gasteiger partial charge is 0.260 e. The van der Waals surface area contributed by atoms with Crippen molar-refractivity contribution in [2.75, 3.05) is 31.6 Å². The number of halogens is 1. The molecular formula is C23H27FN2O4. The monoisotopic (exact) mass is 414 g/mol. The minimum atomic E-state index is -0.423. The average molecular weight is 414 g/mol. The first kappa shape index (κ1) is 21.6. The second-order valence-corrected chi connectivity index (χ2v) is 7.24. The SMILES string of the molecule is CCOc1cc(C(=O)Nc2cc(F)ccc2C)ccc1OCC(=O)N1CCCCC1. The fraction of sp³-hybridized carbons (Fsp3) is 0.391. The second-order valence-electron chi connectivity index (χ2n) is 7.24. The van der Waals surface area contributed by atoms with Gasteiger partial charge in [0, 0.05) is 24.3 Å². The molecule has 30 heavy (non-hydrogen) atoms. The van der Waals surface area contributed by atoms with E-state index in [0.29, 0.717) is 29.4 Å². The summed E-state index contributed by atoms with van der Waals surface area (Å²) >= 11 is 0. The number of hydrogen-bond acceptors (Lipinski definition) is 4. The molecule has 160 valence electrons. The van der Waals surface area contributed by atoms with Gasteiger partial charge in [0.2, 0.25) is 0 Å². The molecule has 1 fully saturated rings. The number of nitrogens with one attached hydrogen (secondary N) is 1. The fourth-order valence-electron chi connectivity index (χ4n) is 3.33. The Balaban J connectivity index is 1.70. The average Bonchev–Trinajstić information content (AvgIpc) is 2.76. The van der Waals surface area contributed by atoms with Crippen molar-refractivity contribution in [2.45, 2.75) is 33.1 Å². The number of rotatable bonds is 7. The second kappa shape index (κ2) is 10.1. The Morgan fingerprint density at radius 2 is 1.80 bits per heavy atom. The molecule has 1 saturated heterocycles. The summed E-state index contributed by atoms with van der Waals surface area (Å²) in [5.41, 5.74) is 1.51. The molecule has 1 aliphatic rings. The third kappa shape index (κ3) is 5.49. The van der Waals surface area contributed by atoms with Gasteiger partial charge in [0.15, 0.2) is 18.1 Å². The lowest BCUT2D eigenvalue weighted by molar-refractivity contribution is -0.134. The summed E-state index contributed by atoms with van der Waals surface area (Å²) < 4.78 is 24.8. The van der Waals surface area contributed by atoms with E-state index in [2.05, 4.69) is 5.32 Å². The van der Waals surface area contributed by atoms with Gasteiger partial charge in [-0.15, -0.1) is 0 Å². The highest BCUT2D eigenvalue weighted by atomic mass is 19.1. The van der Waals surface area contributed by atoms with E-state index in [1.165, 1.54) is 12.1 Å². The van der Waals surface area contributed by atoms with Gasteiger partial charge in [-0.2, -0.15) is 0 Å². The molecule has 1 heterocycles. The van der Waals surface area contributed by atoms with Crippen molar-refractivity contribution < 1.29 is 23.5 Å². The highest BCUT2D eigenvalue weighted by molar-refractivity contribution is 6.05. The predicted octanol–water partition coefficient (Wildman–Crippen LogP) is 4.18. The van der Waals surface area contributed by atoms with Crippen molar-refractivity contribution in [3.8, 4) is 11.5 Å². The number of ether oxygens (including phenoxy) is 2. The molecular weight excluding hydrogens is 387 g/mol. The van der Waals surface area contributed by atoms with E-state index in [4.69, 9.17) is 9.47 Å². The normalized spacial score (nSPS) is 13.6. The van der Waals surface area contributed by atoms with Crippen LogP contribution in [0.1, 0.15) is 42.1 Å². The summed E-state index contributed by atoms with van der Waals surface area (Å²) in [7, 11) is 0. The number of carbonyl (C=O) groups is 2. The Morgan fingerprint density at radius 1 is 1.03 bits per heavy atom. The van der Waals surface area contributed by atoms with Gasteiger partial charge in [0.1, 0.15) is 5.82 Å². The molecule has 7 heteroatoms. The van der Waals surface area contributed by atoms with Crippen molar-refractivity contribution in [1.82, 2.24) is 4.90 Å². The predicted molar refractivity (Wildman–Crippen MR) is 113 cm³/mol. The van der Waals surface area contributed by atoms with Crippen LogP contribution in [0.15, 0.2) is 36.4 Å². The summed E-state index contributed by atoms with van der Waals surface area (Å²) in [6, 6.07) is 8.99. The summed E-state index contributed by atoms with van der Waals surface area (Å²) in [6.45, 7) is 5.44. The van der Waals surface area contributed by atoms with E-state index in [1.807, 2.05) is 11.8 Å². The maximum atomic E-state index is 13.5. The number of anilines is 1. The van der Waals surface area contributed by atoms with Gasteiger partial charge in [-0.25, -0.2) is 4.39 Å². The minimum Gasteiger partial charge on any atom is -0.490 e. The van der Waals surface area contributed by atoms with Gasteiger partial charge < -0.3 is 19.7 Å². The van der Waals surface area contributed by atoms with E-state index in [0.717, 1.165) is 37.9 Å². The van der Waals surface area contributed by atoms with Crippen molar-refractivity contribution in [1.29, 1.82) is 0 Å². The Kier molecular flexibility index (Phi) is 7.27. The lowest BCUT2D eigenvalue weighted by Gasteiger charge is -2.26. The molecule has 0 saturated carbocycles. The van der Waals surface area contributed by atoms with Crippen LogP contribution < -0.4 is 14.8 Å². The molecule has 0 aromatic heterocycles. The quantitative estimate of drug-likeness (QED) is 0.738. The topological polar surface area (TPSA) is 67.9 Å². The molecule has 0 spiro atoms. The molecule has 1 aliphatic heterocycles. The number of carbonyl (C=O) groups excluding carboxylic acids is 2. The summed E-state index contributed by atoms with van der Waals surface area (Å²) in [4.78, 5) is 26.8. The summed E-state index contributed by atoms with van der Waals surface area (Å²) in [6.07, 6.45) is 3.19. The zero-order chi connectivity index (χ0) is 21.5. The molecule has 2 aromatic carbocycles. The van der Waals surface area contributed by atoms with E-state index in [1.54, 1.807) is 31.2 Å². The zero-order valence-electron chi connectivity index (χ0n) is 17.4. The molecule has 2 aromatic rings. The number of piperidine rings is 1. The molecule has 6 nitrogen and oxygen atoms in total. The van der Waals surface area contributed by atoms with Crippen LogP contribution in [-0.2, 0) is 4.79 Å². The number of amides is 2. The van der Waals surface area contributed by atoms with E-state index < -0.39 is 5.82 Å². The van der Waals surface area contributed by atoms with Crippen molar-refractivity contribution in [3.05, 3.63) is 53.3 Å². The zero-order valence-corrected chi connectivity index (χ0v) is 17.4. The molecule has 2 amide bonds. The Labute approximate surface area is 176 Å². The van der Waals surface area contributed by atoms with Crippen LogP contribution >= 0.6 is 0 Å². The van der Waals surface area contributed by atoms with Crippen LogP contribution in [0.25, 0.3) is 0 Å². The molecule has 3 rings (SSSR count). The molecule has 0 unspecified atom stereocenters. The van der Waals surface area contributed by atoms with E-state index >= 15 is 0 Å². The van der Waals surface area contributed by atoms with Crippen LogP contribution in [0.2, 0.25) is 0 Å². The minimum absolute atomic E-state index is 0.0550. The lowest BCUT2D eigenvalue weighted by Crippen LogP contribution is -2.38. The number of hydrogen-bond donors (Lipinski definition) is 1. The standard InChI is InChI=1S/C23H27FN2O4/c1-3-29-21-13-17(23(28)25-19-14-18(24)9-7-16(19)2)8-10-20(21)30-15-22(27)26-11-5-4-6-12-26/h7-10,13-14H,3-6,11-12,15H2,1-2H3,(H,25,28). The molecule has 0 atom stereocenters. The van der Waals surface area contributed by atoms with Crippen molar-refractivity contribution >= 4 is 17.5 Å². The van der Waals surface area contributed by atoms with Crippen LogP contribution in [0, 0.1) is 12.7 Å². The van der Waals surface area contributed by atoms with Gasteiger partial charge >= 0.3 is 0 Å².